The number of hydrogen-bond acceptors (Lipinski definition) is 2. The molecule has 0 spiro atoms. The normalized spacial score (nSPS) is 11.3. The van der Waals surface area contributed by atoms with Gasteiger partial charge in [0.15, 0.2) is 0 Å². The van der Waals surface area contributed by atoms with Crippen molar-refractivity contribution < 1.29 is 13.9 Å². The van der Waals surface area contributed by atoms with Crippen molar-refractivity contribution in [1.29, 1.82) is 0 Å². The molecular weight excluding hydrogens is 363 g/mol. The Morgan fingerprint density at radius 1 is 0.828 bits per heavy atom. The second-order valence-corrected chi connectivity index (χ2v) is 7.90. The van der Waals surface area contributed by atoms with Gasteiger partial charge >= 0.3 is 0 Å². The van der Waals surface area contributed by atoms with E-state index in [0.29, 0.717) is 12.4 Å². The number of aryl methyl sites for hydroxylation is 1. The molecule has 0 heterocycles. The van der Waals surface area contributed by atoms with E-state index >= 15 is 0 Å². The summed E-state index contributed by atoms with van der Waals surface area (Å²) in [7, 11) is 0. The average molecular weight is 393 g/mol. The summed E-state index contributed by atoms with van der Waals surface area (Å²) in [4.78, 5) is 0. The minimum Gasteiger partial charge on any atom is -0.494 e. The second kappa shape index (κ2) is 9.60. The quantitative estimate of drug-likeness (QED) is 0.380. The van der Waals surface area contributed by atoms with E-state index < -0.39 is 0 Å². The van der Waals surface area contributed by atoms with Crippen LogP contribution < -0.4 is 9.47 Å². The third kappa shape index (κ3) is 6.08. The molecule has 0 N–H and O–H groups in total. The second-order valence-electron chi connectivity index (χ2n) is 7.90. The van der Waals surface area contributed by atoms with Gasteiger partial charge in [0.1, 0.15) is 23.1 Å². The fourth-order valence-electron chi connectivity index (χ4n) is 3.45. The zero-order chi connectivity index (χ0) is 20.7. The summed E-state index contributed by atoms with van der Waals surface area (Å²) >= 11 is 0. The Hall–Kier alpha value is -2.81. The number of halogens is 1. The molecule has 0 unspecified atom stereocenters. The highest BCUT2D eigenvalue weighted by Crippen LogP contribution is 2.31. The molecule has 3 aromatic carbocycles. The van der Waals surface area contributed by atoms with Crippen molar-refractivity contribution in [2.24, 2.45) is 0 Å². The molecule has 0 aromatic heterocycles. The summed E-state index contributed by atoms with van der Waals surface area (Å²) in [6, 6.07) is 22.7. The molecule has 0 aliphatic heterocycles. The lowest BCUT2D eigenvalue weighted by Crippen LogP contribution is -2.17. The third-order valence-electron chi connectivity index (χ3n) is 5.16. The Kier molecular flexibility index (Phi) is 6.92. The predicted octanol–water partition coefficient (Wildman–Crippen LogP) is 7.32. The highest BCUT2D eigenvalue weighted by atomic mass is 19.1. The van der Waals surface area contributed by atoms with Crippen LogP contribution in [-0.2, 0) is 11.8 Å². The van der Waals surface area contributed by atoms with E-state index in [2.05, 4.69) is 50.2 Å². The first-order chi connectivity index (χ1) is 14.0. The summed E-state index contributed by atoms with van der Waals surface area (Å²) in [5.41, 5.74) is 2.67. The molecule has 2 nitrogen and oxygen atoms in total. The number of rotatable bonds is 9. The highest BCUT2D eigenvalue weighted by Gasteiger charge is 2.20. The molecule has 0 saturated heterocycles. The van der Waals surface area contributed by atoms with Crippen molar-refractivity contribution in [3.05, 3.63) is 89.7 Å². The first-order valence-corrected chi connectivity index (χ1v) is 10.2. The van der Waals surface area contributed by atoms with Gasteiger partial charge in [0.05, 0.1) is 6.61 Å². The zero-order valence-electron chi connectivity index (χ0n) is 17.5. The maximum Gasteiger partial charge on any atom is 0.127 e. The van der Waals surface area contributed by atoms with Gasteiger partial charge in [-0.2, -0.15) is 0 Å². The van der Waals surface area contributed by atoms with Crippen molar-refractivity contribution in [2.45, 2.75) is 45.4 Å². The predicted molar refractivity (Wildman–Crippen MR) is 116 cm³/mol. The van der Waals surface area contributed by atoms with Crippen molar-refractivity contribution >= 4 is 0 Å². The molecule has 0 bridgehead atoms. The van der Waals surface area contributed by atoms with Gasteiger partial charge in [-0.05, 0) is 91.3 Å². The smallest absolute Gasteiger partial charge is 0.127 e. The number of ether oxygens (including phenoxy) is 2. The van der Waals surface area contributed by atoms with Gasteiger partial charge in [-0.25, -0.2) is 4.39 Å². The molecule has 0 amide bonds. The maximum atomic E-state index is 13.0. The molecule has 3 heteroatoms. The maximum absolute atomic E-state index is 13.0. The van der Waals surface area contributed by atoms with Gasteiger partial charge < -0.3 is 9.47 Å². The molecular formula is C26H29FO2. The minimum absolute atomic E-state index is 0.104. The first kappa shape index (κ1) is 20.9. The topological polar surface area (TPSA) is 18.5 Å². The molecule has 0 saturated carbocycles. The lowest BCUT2D eigenvalue weighted by atomic mass is 9.80. The fourth-order valence-corrected chi connectivity index (χ4v) is 3.45. The molecule has 3 aromatic rings. The van der Waals surface area contributed by atoms with Crippen LogP contribution in [0.5, 0.6) is 17.2 Å². The van der Waals surface area contributed by atoms with E-state index in [-0.39, 0.29) is 11.2 Å². The van der Waals surface area contributed by atoms with Crippen LogP contribution in [0.25, 0.3) is 0 Å². The molecule has 152 valence electrons. The molecule has 0 fully saturated rings. The largest absolute Gasteiger partial charge is 0.494 e. The summed E-state index contributed by atoms with van der Waals surface area (Å²) < 4.78 is 24.4. The summed E-state index contributed by atoms with van der Waals surface area (Å²) in [6.45, 7) is 7.26. The SMILES string of the molecule is CCOc1ccc(C(C)(C)CCCc2cccc(Oc3ccc(F)cc3)c2)cc1. The Bertz CT molecular complexity index is 899. The van der Waals surface area contributed by atoms with Crippen molar-refractivity contribution in [2.75, 3.05) is 6.61 Å². The molecule has 0 atom stereocenters. The Morgan fingerprint density at radius 2 is 1.52 bits per heavy atom. The van der Waals surface area contributed by atoms with E-state index in [9.17, 15) is 4.39 Å². The van der Waals surface area contributed by atoms with Gasteiger partial charge in [-0.15, -0.1) is 0 Å². The van der Waals surface area contributed by atoms with Crippen LogP contribution >= 0.6 is 0 Å². The summed E-state index contributed by atoms with van der Waals surface area (Å²) in [6.07, 6.45) is 3.16. The van der Waals surface area contributed by atoms with E-state index in [1.165, 1.54) is 23.3 Å². The third-order valence-corrected chi connectivity index (χ3v) is 5.16. The monoisotopic (exact) mass is 392 g/mol. The van der Waals surface area contributed by atoms with E-state index in [1.54, 1.807) is 12.1 Å². The van der Waals surface area contributed by atoms with E-state index in [1.807, 2.05) is 19.1 Å². The van der Waals surface area contributed by atoms with Crippen molar-refractivity contribution in [1.82, 2.24) is 0 Å². The van der Waals surface area contributed by atoms with Gasteiger partial charge in [0.2, 0.25) is 0 Å². The van der Waals surface area contributed by atoms with Crippen LogP contribution in [0.15, 0.2) is 72.8 Å². The summed E-state index contributed by atoms with van der Waals surface area (Å²) in [5, 5.41) is 0. The first-order valence-electron chi connectivity index (χ1n) is 10.2. The zero-order valence-corrected chi connectivity index (χ0v) is 17.5. The lowest BCUT2D eigenvalue weighted by Gasteiger charge is -2.25. The fraction of sp³-hybridized carbons (Fsp3) is 0.308. The van der Waals surface area contributed by atoms with Crippen LogP contribution in [0.3, 0.4) is 0 Å². The Labute approximate surface area is 173 Å². The standard InChI is InChI=1S/C26H29FO2/c1-4-28-23-14-10-21(11-15-23)26(2,3)18-6-8-20-7-5-9-25(19-20)29-24-16-12-22(27)13-17-24/h5,7,9-17,19H,4,6,8,18H2,1-3H3. The molecule has 0 aliphatic rings. The van der Waals surface area contributed by atoms with Crippen molar-refractivity contribution in [3.8, 4) is 17.2 Å². The van der Waals surface area contributed by atoms with Crippen LogP contribution in [0.1, 0.15) is 44.7 Å². The van der Waals surface area contributed by atoms with Gasteiger partial charge in [0, 0.05) is 0 Å². The Balaban J connectivity index is 1.56. The molecule has 0 radical (unpaired) electrons. The van der Waals surface area contributed by atoms with Gasteiger partial charge in [0.25, 0.3) is 0 Å². The van der Waals surface area contributed by atoms with Gasteiger partial charge in [-0.1, -0.05) is 38.1 Å². The van der Waals surface area contributed by atoms with Crippen LogP contribution in [0.4, 0.5) is 4.39 Å². The molecule has 0 aliphatic carbocycles. The number of benzene rings is 3. The highest BCUT2D eigenvalue weighted by molar-refractivity contribution is 5.34. The van der Waals surface area contributed by atoms with E-state index in [4.69, 9.17) is 9.47 Å². The minimum atomic E-state index is -0.263. The number of hydrogen-bond donors (Lipinski definition) is 0. The lowest BCUT2D eigenvalue weighted by molar-refractivity contribution is 0.339. The van der Waals surface area contributed by atoms with Crippen molar-refractivity contribution in [3.63, 3.8) is 0 Å². The Morgan fingerprint density at radius 3 is 2.21 bits per heavy atom. The average Bonchev–Trinajstić information content (AvgIpc) is 2.71. The van der Waals surface area contributed by atoms with Gasteiger partial charge in [-0.3, -0.25) is 0 Å². The van der Waals surface area contributed by atoms with E-state index in [0.717, 1.165) is 30.8 Å². The van der Waals surface area contributed by atoms with Crippen LogP contribution in [0.2, 0.25) is 0 Å². The molecule has 29 heavy (non-hydrogen) atoms. The van der Waals surface area contributed by atoms with Crippen LogP contribution in [0, 0.1) is 5.82 Å². The van der Waals surface area contributed by atoms with Crippen LogP contribution in [-0.4, -0.2) is 6.61 Å². The summed E-state index contributed by atoms with van der Waals surface area (Å²) in [5.74, 6) is 2.08. The molecule has 3 rings (SSSR count).